The van der Waals surface area contributed by atoms with Crippen LogP contribution in [0.4, 0.5) is 4.79 Å². The Hall–Kier alpha value is -3.48. The molecule has 7 nitrogen and oxygen atoms in total. The van der Waals surface area contributed by atoms with E-state index in [2.05, 4.69) is 0 Å². The molecule has 1 heterocycles. The van der Waals surface area contributed by atoms with E-state index in [0.717, 1.165) is 16.9 Å². The fourth-order valence-corrected chi connectivity index (χ4v) is 3.07. The molecule has 0 radical (unpaired) electrons. The van der Waals surface area contributed by atoms with E-state index in [1.807, 2.05) is 49.4 Å². The first-order valence-electron chi connectivity index (χ1n) is 9.28. The van der Waals surface area contributed by atoms with Crippen LogP contribution in [-0.4, -0.2) is 49.5 Å². The van der Waals surface area contributed by atoms with Crippen LogP contribution in [0, 0.1) is 5.41 Å². The third kappa shape index (κ3) is 4.18. The average molecular weight is 395 g/mol. The molecule has 1 aliphatic rings. The van der Waals surface area contributed by atoms with E-state index in [0.29, 0.717) is 30.3 Å². The molecule has 0 unspecified atom stereocenters. The van der Waals surface area contributed by atoms with Crippen molar-refractivity contribution in [2.75, 3.05) is 27.8 Å². The van der Waals surface area contributed by atoms with E-state index >= 15 is 0 Å². The second-order valence-corrected chi connectivity index (χ2v) is 6.51. The number of amides is 2. The number of likely N-dealkylation sites (N-methyl/N-ethyl adjacent to an activating group) is 2. The summed E-state index contributed by atoms with van der Waals surface area (Å²) in [7, 11) is 4.88. The van der Waals surface area contributed by atoms with Crippen molar-refractivity contribution in [2.45, 2.75) is 13.5 Å². The number of benzene rings is 2. The molecule has 0 saturated carbocycles. The molecule has 0 aliphatic carbocycles. The highest BCUT2D eigenvalue weighted by Crippen LogP contribution is 2.31. The van der Waals surface area contributed by atoms with Crippen molar-refractivity contribution in [1.29, 1.82) is 5.41 Å². The van der Waals surface area contributed by atoms with Gasteiger partial charge in [0.2, 0.25) is 0 Å². The minimum Gasteiger partial charge on any atom is -0.497 e. The number of hydrogen-bond donors (Lipinski definition) is 1. The standard InChI is InChI=1S/C22H25N3O4/c1-5-25-21(23)18(24(2)22(25)26)12-16-8-11-19(20(13-16)28-4)29-14-15-6-9-17(27-3)10-7-15/h6-13,23H,5,14H2,1-4H3. The lowest BCUT2D eigenvalue weighted by atomic mass is 10.1. The minimum atomic E-state index is -0.199. The summed E-state index contributed by atoms with van der Waals surface area (Å²) in [6.45, 7) is 2.70. The summed E-state index contributed by atoms with van der Waals surface area (Å²) in [4.78, 5) is 15.1. The smallest absolute Gasteiger partial charge is 0.330 e. The lowest BCUT2D eigenvalue weighted by Gasteiger charge is -2.13. The average Bonchev–Trinajstić information content (AvgIpc) is 2.95. The van der Waals surface area contributed by atoms with Crippen molar-refractivity contribution in [3.63, 3.8) is 0 Å². The molecule has 1 fully saturated rings. The van der Waals surface area contributed by atoms with Crippen LogP contribution in [0.5, 0.6) is 17.2 Å². The van der Waals surface area contributed by atoms with Gasteiger partial charge in [-0.3, -0.25) is 15.2 Å². The summed E-state index contributed by atoms with van der Waals surface area (Å²) in [5, 5.41) is 8.23. The Bertz CT molecular complexity index is 938. The third-order valence-corrected chi connectivity index (χ3v) is 4.75. The van der Waals surface area contributed by atoms with Crippen molar-refractivity contribution < 1.29 is 19.0 Å². The summed E-state index contributed by atoms with van der Waals surface area (Å²) in [6, 6.07) is 13.0. The molecule has 1 saturated heterocycles. The van der Waals surface area contributed by atoms with E-state index in [4.69, 9.17) is 19.6 Å². The van der Waals surface area contributed by atoms with E-state index in [1.54, 1.807) is 27.3 Å². The monoisotopic (exact) mass is 395 g/mol. The Labute approximate surface area is 170 Å². The van der Waals surface area contributed by atoms with Gasteiger partial charge in [0.1, 0.15) is 12.4 Å². The van der Waals surface area contributed by atoms with E-state index in [9.17, 15) is 4.79 Å². The zero-order valence-electron chi connectivity index (χ0n) is 17.1. The zero-order valence-corrected chi connectivity index (χ0v) is 17.1. The van der Waals surface area contributed by atoms with Crippen LogP contribution < -0.4 is 14.2 Å². The largest absolute Gasteiger partial charge is 0.497 e. The number of rotatable bonds is 7. The zero-order chi connectivity index (χ0) is 21.0. The van der Waals surface area contributed by atoms with Gasteiger partial charge in [-0.15, -0.1) is 0 Å². The highest BCUT2D eigenvalue weighted by Gasteiger charge is 2.34. The number of methoxy groups -OCH3 is 2. The maximum absolute atomic E-state index is 12.2. The maximum Gasteiger partial charge on any atom is 0.330 e. The maximum atomic E-state index is 12.2. The van der Waals surface area contributed by atoms with Crippen molar-refractivity contribution in [3.05, 3.63) is 59.3 Å². The summed E-state index contributed by atoms with van der Waals surface area (Å²) in [6.07, 6.45) is 1.80. The first kappa shape index (κ1) is 20.3. The highest BCUT2D eigenvalue weighted by atomic mass is 16.5. The Morgan fingerprint density at radius 1 is 1.03 bits per heavy atom. The summed E-state index contributed by atoms with van der Waals surface area (Å²) in [5.41, 5.74) is 2.38. The van der Waals surface area contributed by atoms with Crippen molar-refractivity contribution in [3.8, 4) is 17.2 Å². The van der Waals surface area contributed by atoms with E-state index in [1.165, 1.54) is 9.80 Å². The number of amidine groups is 1. The first-order chi connectivity index (χ1) is 14.0. The molecule has 152 valence electrons. The predicted octanol–water partition coefficient (Wildman–Crippen LogP) is 3.99. The van der Waals surface area contributed by atoms with Crippen LogP contribution in [0.1, 0.15) is 18.1 Å². The molecule has 0 bridgehead atoms. The Morgan fingerprint density at radius 2 is 1.76 bits per heavy atom. The van der Waals surface area contributed by atoms with Crippen LogP contribution in [-0.2, 0) is 6.61 Å². The molecule has 3 rings (SSSR count). The first-order valence-corrected chi connectivity index (χ1v) is 9.28. The van der Waals surface area contributed by atoms with Crippen LogP contribution in [0.2, 0.25) is 0 Å². The van der Waals surface area contributed by atoms with Gasteiger partial charge in [0, 0.05) is 13.6 Å². The van der Waals surface area contributed by atoms with Crippen LogP contribution in [0.25, 0.3) is 6.08 Å². The number of nitrogens with one attached hydrogen (secondary N) is 1. The Balaban J connectivity index is 1.78. The topological polar surface area (TPSA) is 75.1 Å². The minimum absolute atomic E-state index is 0.193. The fraction of sp³-hybridized carbons (Fsp3) is 0.273. The van der Waals surface area contributed by atoms with Gasteiger partial charge in [0.05, 0.1) is 19.9 Å². The van der Waals surface area contributed by atoms with Crippen LogP contribution in [0.3, 0.4) is 0 Å². The molecule has 0 atom stereocenters. The Kier molecular flexibility index (Phi) is 6.07. The molecular weight excluding hydrogens is 370 g/mol. The number of urea groups is 1. The van der Waals surface area contributed by atoms with Gasteiger partial charge in [-0.25, -0.2) is 4.79 Å². The number of nitrogens with zero attached hydrogens (tertiary/aromatic N) is 2. The number of carbonyl (C=O) groups is 1. The molecule has 2 amide bonds. The number of hydrogen-bond acceptors (Lipinski definition) is 5. The normalized spacial score (nSPS) is 15.2. The van der Waals surface area contributed by atoms with Gasteiger partial charge in [-0.1, -0.05) is 18.2 Å². The van der Waals surface area contributed by atoms with Crippen LogP contribution in [0.15, 0.2) is 48.2 Å². The lowest BCUT2D eigenvalue weighted by molar-refractivity contribution is 0.209. The van der Waals surface area contributed by atoms with Crippen molar-refractivity contribution in [1.82, 2.24) is 9.80 Å². The molecule has 7 heteroatoms. The van der Waals surface area contributed by atoms with E-state index in [-0.39, 0.29) is 11.9 Å². The number of carbonyl (C=O) groups excluding carboxylic acids is 1. The van der Waals surface area contributed by atoms with Crippen LogP contribution >= 0.6 is 0 Å². The number of ether oxygens (including phenoxy) is 3. The van der Waals surface area contributed by atoms with Crippen molar-refractivity contribution in [2.24, 2.45) is 0 Å². The van der Waals surface area contributed by atoms with Crippen molar-refractivity contribution >= 4 is 17.9 Å². The molecule has 2 aromatic carbocycles. The summed E-state index contributed by atoms with van der Waals surface area (Å²) >= 11 is 0. The lowest BCUT2D eigenvalue weighted by Crippen LogP contribution is -2.30. The molecule has 1 N–H and O–H groups in total. The van der Waals surface area contributed by atoms with Gasteiger partial charge in [-0.05, 0) is 48.4 Å². The third-order valence-electron chi connectivity index (χ3n) is 4.75. The predicted molar refractivity (Wildman–Crippen MR) is 112 cm³/mol. The second kappa shape index (κ2) is 8.68. The Morgan fingerprint density at radius 3 is 2.34 bits per heavy atom. The summed E-state index contributed by atoms with van der Waals surface area (Å²) in [5.74, 6) is 2.19. The molecule has 0 spiro atoms. The molecule has 2 aromatic rings. The second-order valence-electron chi connectivity index (χ2n) is 6.51. The molecule has 29 heavy (non-hydrogen) atoms. The highest BCUT2D eigenvalue weighted by molar-refractivity contribution is 6.15. The van der Waals surface area contributed by atoms with Gasteiger partial charge < -0.3 is 14.2 Å². The fourth-order valence-electron chi connectivity index (χ4n) is 3.07. The summed E-state index contributed by atoms with van der Waals surface area (Å²) < 4.78 is 16.5. The molecular formula is C22H25N3O4. The van der Waals surface area contributed by atoms with Gasteiger partial charge in [-0.2, -0.15) is 0 Å². The van der Waals surface area contributed by atoms with Gasteiger partial charge >= 0.3 is 6.03 Å². The van der Waals surface area contributed by atoms with E-state index < -0.39 is 0 Å². The van der Waals surface area contributed by atoms with Gasteiger partial charge in [0.25, 0.3) is 0 Å². The SMILES string of the molecule is CCN1C(=N)C(=Cc2ccc(OCc3ccc(OC)cc3)c(OC)c2)N(C)C1=O. The van der Waals surface area contributed by atoms with Gasteiger partial charge in [0.15, 0.2) is 17.3 Å². The quantitative estimate of drug-likeness (QED) is 0.769. The molecule has 0 aromatic heterocycles. The molecule has 1 aliphatic heterocycles.